The van der Waals surface area contributed by atoms with Crippen molar-refractivity contribution in [2.24, 2.45) is 7.05 Å². The SMILES string of the molecule is CN(C)c1ncc(CN2CCc3nnc(-c4ccc(F)cc4)cc3C2)n1C. The van der Waals surface area contributed by atoms with Crippen LogP contribution in [-0.2, 0) is 26.6 Å². The van der Waals surface area contributed by atoms with Crippen molar-refractivity contribution >= 4 is 5.95 Å². The number of halogens is 1. The van der Waals surface area contributed by atoms with Crippen LogP contribution in [0, 0.1) is 5.82 Å². The zero-order valence-electron chi connectivity index (χ0n) is 15.9. The van der Waals surface area contributed by atoms with E-state index >= 15 is 0 Å². The number of fused-ring (bicyclic) bond motifs is 1. The highest BCUT2D eigenvalue weighted by atomic mass is 19.1. The van der Waals surface area contributed by atoms with Gasteiger partial charge in [0.05, 0.1) is 23.3 Å². The summed E-state index contributed by atoms with van der Waals surface area (Å²) in [5, 5.41) is 8.74. The number of benzene rings is 1. The van der Waals surface area contributed by atoms with Crippen molar-refractivity contribution in [2.75, 3.05) is 25.5 Å². The first-order chi connectivity index (χ1) is 13.0. The smallest absolute Gasteiger partial charge is 0.204 e. The first-order valence-electron chi connectivity index (χ1n) is 9.03. The van der Waals surface area contributed by atoms with Crippen molar-refractivity contribution in [1.29, 1.82) is 0 Å². The lowest BCUT2D eigenvalue weighted by Crippen LogP contribution is -2.31. The number of rotatable bonds is 4. The molecular formula is C20H23FN6. The van der Waals surface area contributed by atoms with Gasteiger partial charge in [-0.05, 0) is 35.9 Å². The van der Waals surface area contributed by atoms with Crippen LogP contribution >= 0.6 is 0 Å². The van der Waals surface area contributed by atoms with Gasteiger partial charge in [0.15, 0.2) is 0 Å². The van der Waals surface area contributed by atoms with Crippen LogP contribution in [0.5, 0.6) is 0 Å². The van der Waals surface area contributed by atoms with E-state index in [2.05, 4.69) is 30.7 Å². The second kappa shape index (κ2) is 7.08. The van der Waals surface area contributed by atoms with E-state index in [0.717, 1.165) is 49.0 Å². The van der Waals surface area contributed by atoms with Crippen LogP contribution in [0.3, 0.4) is 0 Å². The molecular weight excluding hydrogens is 343 g/mol. The highest BCUT2D eigenvalue weighted by molar-refractivity contribution is 5.59. The highest BCUT2D eigenvalue weighted by Crippen LogP contribution is 2.24. The Morgan fingerprint density at radius 2 is 1.93 bits per heavy atom. The van der Waals surface area contributed by atoms with Crippen molar-refractivity contribution in [3.05, 3.63) is 59.3 Å². The fourth-order valence-electron chi connectivity index (χ4n) is 3.51. The Morgan fingerprint density at radius 1 is 1.15 bits per heavy atom. The van der Waals surface area contributed by atoms with Gasteiger partial charge in [-0.3, -0.25) is 4.90 Å². The topological polar surface area (TPSA) is 50.1 Å². The van der Waals surface area contributed by atoms with Gasteiger partial charge in [-0.15, -0.1) is 0 Å². The molecule has 140 valence electrons. The van der Waals surface area contributed by atoms with Gasteiger partial charge in [0.1, 0.15) is 5.82 Å². The minimum Gasteiger partial charge on any atom is -0.348 e. The van der Waals surface area contributed by atoms with E-state index in [4.69, 9.17) is 0 Å². The molecule has 1 aliphatic rings. The Balaban J connectivity index is 1.54. The summed E-state index contributed by atoms with van der Waals surface area (Å²) in [6, 6.07) is 8.47. The van der Waals surface area contributed by atoms with Crippen LogP contribution in [-0.4, -0.2) is 45.3 Å². The third kappa shape index (κ3) is 3.55. The third-order valence-electron chi connectivity index (χ3n) is 5.00. The predicted octanol–water partition coefficient (Wildman–Crippen LogP) is 2.64. The van der Waals surface area contributed by atoms with Crippen LogP contribution in [0.4, 0.5) is 10.3 Å². The van der Waals surface area contributed by atoms with Crippen molar-refractivity contribution in [1.82, 2.24) is 24.6 Å². The molecule has 0 atom stereocenters. The van der Waals surface area contributed by atoms with Crippen LogP contribution < -0.4 is 4.90 Å². The second-order valence-electron chi connectivity index (χ2n) is 7.17. The Bertz CT molecular complexity index is 948. The Kier molecular flexibility index (Phi) is 4.61. The quantitative estimate of drug-likeness (QED) is 0.711. The first-order valence-corrected chi connectivity index (χ1v) is 9.03. The molecule has 0 spiro atoms. The summed E-state index contributed by atoms with van der Waals surface area (Å²) in [6.07, 6.45) is 2.82. The average Bonchev–Trinajstić information content (AvgIpc) is 3.02. The van der Waals surface area contributed by atoms with Gasteiger partial charge in [-0.25, -0.2) is 9.37 Å². The minimum atomic E-state index is -0.246. The summed E-state index contributed by atoms with van der Waals surface area (Å²) in [4.78, 5) is 8.91. The predicted molar refractivity (Wildman–Crippen MR) is 103 cm³/mol. The number of hydrogen-bond acceptors (Lipinski definition) is 5. The zero-order valence-corrected chi connectivity index (χ0v) is 15.9. The largest absolute Gasteiger partial charge is 0.348 e. The summed E-state index contributed by atoms with van der Waals surface area (Å²) in [5.74, 6) is 0.705. The maximum atomic E-state index is 13.2. The van der Waals surface area contributed by atoms with Crippen molar-refractivity contribution in [3.8, 4) is 11.3 Å². The molecule has 7 heteroatoms. The number of nitrogens with zero attached hydrogens (tertiary/aromatic N) is 6. The highest BCUT2D eigenvalue weighted by Gasteiger charge is 2.20. The molecule has 6 nitrogen and oxygen atoms in total. The standard InChI is InChI=1S/C20H23FN6/c1-25(2)20-22-11-17(26(20)3)13-27-9-8-18-15(12-27)10-19(24-23-18)14-4-6-16(21)7-5-14/h4-7,10-11H,8-9,12-13H2,1-3H3. The summed E-state index contributed by atoms with van der Waals surface area (Å²) < 4.78 is 15.3. The van der Waals surface area contributed by atoms with E-state index in [1.165, 1.54) is 23.4 Å². The van der Waals surface area contributed by atoms with Gasteiger partial charge in [0.25, 0.3) is 0 Å². The lowest BCUT2D eigenvalue weighted by molar-refractivity contribution is 0.237. The van der Waals surface area contributed by atoms with Crippen molar-refractivity contribution < 1.29 is 4.39 Å². The van der Waals surface area contributed by atoms with Gasteiger partial charge < -0.3 is 9.47 Å². The third-order valence-corrected chi connectivity index (χ3v) is 5.00. The van der Waals surface area contributed by atoms with Crippen LogP contribution in [0.15, 0.2) is 36.5 Å². The van der Waals surface area contributed by atoms with Crippen LogP contribution in [0.1, 0.15) is 17.0 Å². The number of hydrogen-bond donors (Lipinski definition) is 0. The normalized spacial score (nSPS) is 14.2. The summed E-state index contributed by atoms with van der Waals surface area (Å²) in [6.45, 7) is 2.60. The van der Waals surface area contributed by atoms with E-state index in [9.17, 15) is 4.39 Å². The molecule has 0 saturated heterocycles. The molecule has 0 bridgehead atoms. The van der Waals surface area contributed by atoms with Gasteiger partial charge in [-0.2, -0.15) is 10.2 Å². The molecule has 2 aromatic heterocycles. The van der Waals surface area contributed by atoms with E-state index in [-0.39, 0.29) is 5.82 Å². The average molecular weight is 366 g/mol. The molecule has 0 fully saturated rings. The molecule has 1 aromatic carbocycles. The number of aromatic nitrogens is 4. The molecule has 0 unspecified atom stereocenters. The zero-order chi connectivity index (χ0) is 19.0. The summed E-state index contributed by atoms with van der Waals surface area (Å²) in [7, 11) is 6.05. The Labute approximate surface area is 158 Å². The van der Waals surface area contributed by atoms with Crippen LogP contribution in [0.2, 0.25) is 0 Å². The van der Waals surface area contributed by atoms with E-state index in [1.54, 1.807) is 12.1 Å². The maximum absolute atomic E-state index is 13.2. The molecule has 4 rings (SSSR count). The van der Waals surface area contributed by atoms with Gasteiger partial charge in [0.2, 0.25) is 5.95 Å². The van der Waals surface area contributed by atoms with Gasteiger partial charge >= 0.3 is 0 Å². The molecule has 27 heavy (non-hydrogen) atoms. The van der Waals surface area contributed by atoms with Crippen LogP contribution in [0.25, 0.3) is 11.3 Å². The Hall–Kier alpha value is -2.80. The number of anilines is 1. The lowest BCUT2D eigenvalue weighted by Gasteiger charge is -2.28. The summed E-state index contributed by atoms with van der Waals surface area (Å²) >= 11 is 0. The van der Waals surface area contributed by atoms with Crippen molar-refractivity contribution in [2.45, 2.75) is 19.5 Å². The molecule has 0 amide bonds. The molecule has 0 radical (unpaired) electrons. The van der Waals surface area contributed by atoms with E-state index < -0.39 is 0 Å². The summed E-state index contributed by atoms with van der Waals surface area (Å²) in [5.41, 5.74) is 5.08. The van der Waals surface area contributed by atoms with E-state index in [0.29, 0.717) is 0 Å². The molecule has 0 saturated carbocycles. The molecule has 1 aliphatic heterocycles. The lowest BCUT2D eigenvalue weighted by atomic mass is 10.0. The molecule has 3 heterocycles. The second-order valence-corrected chi connectivity index (χ2v) is 7.17. The van der Waals surface area contributed by atoms with Gasteiger partial charge in [-0.1, -0.05) is 0 Å². The number of imidazole rings is 1. The minimum absolute atomic E-state index is 0.246. The first kappa shape index (κ1) is 17.6. The fourth-order valence-corrected chi connectivity index (χ4v) is 3.51. The van der Waals surface area contributed by atoms with E-state index in [1.807, 2.05) is 32.2 Å². The maximum Gasteiger partial charge on any atom is 0.204 e. The van der Waals surface area contributed by atoms with Gasteiger partial charge in [0, 0.05) is 52.8 Å². The van der Waals surface area contributed by atoms with Crippen molar-refractivity contribution in [3.63, 3.8) is 0 Å². The Morgan fingerprint density at radius 3 is 2.63 bits per heavy atom. The fraction of sp³-hybridized carbons (Fsp3) is 0.350. The monoisotopic (exact) mass is 366 g/mol. The molecule has 0 N–H and O–H groups in total. The molecule has 0 aliphatic carbocycles. The molecule has 3 aromatic rings.